The number of sulfonamides is 1. The summed E-state index contributed by atoms with van der Waals surface area (Å²) in [6, 6.07) is 17.6. The second-order valence-electron chi connectivity index (χ2n) is 7.55. The minimum absolute atomic E-state index is 0.0405. The molecule has 3 aromatic carbocycles. The Morgan fingerprint density at radius 1 is 0.882 bits per heavy atom. The first-order valence-corrected chi connectivity index (χ1v) is 12.0. The third-order valence-electron chi connectivity index (χ3n) is 5.24. The first-order valence-electron chi connectivity index (χ1n) is 10.5. The fourth-order valence-electron chi connectivity index (χ4n) is 3.43. The molecule has 2 N–H and O–H groups in total. The van der Waals surface area contributed by atoms with E-state index < -0.39 is 22.0 Å². The first-order chi connectivity index (χ1) is 16.3. The number of methoxy groups -OCH3 is 3. The normalized spacial score (nSPS) is 12.0. The molecule has 3 aromatic rings. The second-order valence-corrected chi connectivity index (χ2v) is 9.26. The molecule has 3 rings (SSSR count). The molecule has 0 heterocycles. The number of hydrogen-bond donors (Lipinski definition) is 2. The predicted molar refractivity (Wildman–Crippen MR) is 130 cm³/mol. The van der Waals surface area contributed by atoms with Crippen LogP contribution in [0.2, 0.25) is 0 Å². The van der Waals surface area contributed by atoms with Crippen molar-refractivity contribution in [3.63, 3.8) is 0 Å². The van der Waals surface area contributed by atoms with Gasteiger partial charge in [0.05, 0.1) is 31.9 Å². The summed E-state index contributed by atoms with van der Waals surface area (Å²) < 4.78 is 44.7. The van der Waals surface area contributed by atoms with E-state index in [1.165, 1.54) is 33.5 Å². The van der Waals surface area contributed by atoms with Gasteiger partial charge in [-0.2, -0.15) is 4.72 Å². The molecule has 0 saturated heterocycles. The van der Waals surface area contributed by atoms with Gasteiger partial charge >= 0.3 is 0 Å². The van der Waals surface area contributed by atoms with Crippen molar-refractivity contribution in [2.75, 3.05) is 26.6 Å². The van der Waals surface area contributed by atoms with Gasteiger partial charge in [0.15, 0.2) is 0 Å². The van der Waals surface area contributed by atoms with Gasteiger partial charge in [0.1, 0.15) is 23.3 Å². The van der Waals surface area contributed by atoms with Crippen molar-refractivity contribution < 1.29 is 27.4 Å². The Kier molecular flexibility index (Phi) is 8.14. The largest absolute Gasteiger partial charge is 0.497 e. The van der Waals surface area contributed by atoms with Crippen LogP contribution in [0.25, 0.3) is 0 Å². The molecule has 34 heavy (non-hydrogen) atoms. The van der Waals surface area contributed by atoms with Gasteiger partial charge in [-0.25, -0.2) is 8.42 Å². The quantitative estimate of drug-likeness (QED) is 0.456. The van der Waals surface area contributed by atoms with Gasteiger partial charge in [0.25, 0.3) is 0 Å². The van der Waals surface area contributed by atoms with Crippen molar-refractivity contribution in [1.29, 1.82) is 0 Å². The maximum atomic E-state index is 13.3. The lowest BCUT2D eigenvalue weighted by Crippen LogP contribution is -2.45. The number of amides is 1. The van der Waals surface area contributed by atoms with Crippen LogP contribution in [0.3, 0.4) is 0 Å². The highest BCUT2D eigenvalue weighted by molar-refractivity contribution is 7.89. The minimum Gasteiger partial charge on any atom is -0.497 e. The Hall–Kier alpha value is -3.56. The number of benzene rings is 3. The molecule has 0 fully saturated rings. The van der Waals surface area contributed by atoms with E-state index >= 15 is 0 Å². The number of carbonyl (C=O) groups is 1. The highest BCUT2D eigenvalue weighted by Crippen LogP contribution is 2.29. The van der Waals surface area contributed by atoms with Crippen LogP contribution in [0.1, 0.15) is 11.1 Å². The lowest BCUT2D eigenvalue weighted by atomic mass is 10.1. The molecular weight excluding hydrogens is 456 g/mol. The Balaban J connectivity index is 1.90. The Labute approximate surface area is 199 Å². The minimum atomic E-state index is -4.01. The number of hydrogen-bond acceptors (Lipinski definition) is 6. The molecule has 9 heteroatoms. The zero-order valence-corrected chi connectivity index (χ0v) is 20.3. The smallest absolute Gasteiger partial charge is 0.243 e. The third kappa shape index (κ3) is 6.06. The zero-order valence-electron chi connectivity index (χ0n) is 19.5. The van der Waals surface area contributed by atoms with E-state index in [-0.39, 0.29) is 11.3 Å². The summed E-state index contributed by atoms with van der Waals surface area (Å²) in [4.78, 5) is 13.3. The summed E-state index contributed by atoms with van der Waals surface area (Å²) in [5.74, 6) is 0.997. The van der Waals surface area contributed by atoms with Crippen LogP contribution in [0, 0.1) is 6.92 Å². The van der Waals surface area contributed by atoms with E-state index in [1.807, 2.05) is 30.3 Å². The molecule has 0 aliphatic carbocycles. The van der Waals surface area contributed by atoms with Crippen molar-refractivity contribution in [1.82, 2.24) is 4.72 Å². The molecule has 0 radical (unpaired) electrons. The van der Waals surface area contributed by atoms with Crippen molar-refractivity contribution in [3.05, 3.63) is 77.9 Å². The standard InChI is InChI=1S/C25H28N2O6S/c1-17-14-20(11-13-23(17)32-3)34(29,30)27-22(15-18-8-6-5-7-9-18)25(28)26-21-12-10-19(31-2)16-24(21)33-4/h5-14,16,22,27H,15H2,1-4H3,(H,26,28)/t22-/m0/s1. The molecule has 1 atom stereocenters. The van der Waals surface area contributed by atoms with Gasteiger partial charge in [0.2, 0.25) is 15.9 Å². The summed E-state index contributed by atoms with van der Waals surface area (Å²) in [6.07, 6.45) is 0.152. The van der Waals surface area contributed by atoms with E-state index in [9.17, 15) is 13.2 Å². The van der Waals surface area contributed by atoms with Crippen LogP contribution in [0.5, 0.6) is 17.2 Å². The number of nitrogens with one attached hydrogen (secondary N) is 2. The van der Waals surface area contributed by atoms with E-state index in [0.29, 0.717) is 28.5 Å². The number of rotatable bonds is 10. The fraction of sp³-hybridized carbons (Fsp3) is 0.240. The van der Waals surface area contributed by atoms with E-state index in [4.69, 9.17) is 14.2 Å². The average Bonchev–Trinajstić information content (AvgIpc) is 2.84. The lowest BCUT2D eigenvalue weighted by molar-refractivity contribution is -0.117. The Morgan fingerprint density at radius 2 is 1.59 bits per heavy atom. The molecule has 0 spiro atoms. The Morgan fingerprint density at radius 3 is 2.21 bits per heavy atom. The Bertz CT molecular complexity index is 1250. The highest BCUT2D eigenvalue weighted by Gasteiger charge is 2.27. The van der Waals surface area contributed by atoms with Crippen LogP contribution in [-0.2, 0) is 21.2 Å². The topological polar surface area (TPSA) is 103 Å². The summed E-state index contributed by atoms with van der Waals surface area (Å²) in [5, 5.41) is 2.77. The van der Waals surface area contributed by atoms with Crippen LogP contribution in [-0.4, -0.2) is 41.7 Å². The van der Waals surface area contributed by atoms with Crippen molar-refractivity contribution >= 4 is 21.6 Å². The number of anilines is 1. The van der Waals surface area contributed by atoms with Gasteiger partial charge in [0, 0.05) is 6.07 Å². The summed E-state index contributed by atoms with van der Waals surface area (Å²) in [7, 11) is 0.507. The molecule has 0 aliphatic rings. The number of carbonyl (C=O) groups excluding carboxylic acids is 1. The molecule has 0 saturated carbocycles. The average molecular weight is 485 g/mol. The van der Waals surface area contributed by atoms with E-state index in [2.05, 4.69) is 10.0 Å². The maximum absolute atomic E-state index is 13.3. The highest BCUT2D eigenvalue weighted by atomic mass is 32.2. The summed E-state index contributed by atoms with van der Waals surface area (Å²) in [5.41, 5.74) is 1.86. The van der Waals surface area contributed by atoms with Crippen LogP contribution in [0.4, 0.5) is 5.69 Å². The lowest BCUT2D eigenvalue weighted by Gasteiger charge is -2.20. The molecule has 0 aliphatic heterocycles. The van der Waals surface area contributed by atoms with Gasteiger partial charge in [-0.1, -0.05) is 30.3 Å². The van der Waals surface area contributed by atoms with Gasteiger partial charge in [-0.3, -0.25) is 4.79 Å². The predicted octanol–water partition coefficient (Wildman–Crippen LogP) is 3.55. The molecule has 180 valence electrons. The molecule has 0 unspecified atom stereocenters. The van der Waals surface area contributed by atoms with Crippen molar-refractivity contribution in [2.24, 2.45) is 0 Å². The molecule has 0 aromatic heterocycles. The van der Waals surface area contributed by atoms with Crippen LogP contribution in [0.15, 0.2) is 71.6 Å². The number of aryl methyl sites for hydroxylation is 1. The third-order valence-corrected chi connectivity index (χ3v) is 6.71. The van der Waals surface area contributed by atoms with Crippen molar-refractivity contribution in [3.8, 4) is 17.2 Å². The van der Waals surface area contributed by atoms with Crippen molar-refractivity contribution in [2.45, 2.75) is 24.3 Å². The zero-order chi connectivity index (χ0) is 24.7. The first kappa shape index (κ1) is 25.1. The molecule has 0 bridgehead atoms. The van der Waals surface area contributed by atoms with Gasteiger partial charge < -0.3 is 19.5 Å². The molecule has 1 amide bonds. The molecular formula is C25H28N2O6S. The SMILES string of the molecule is COc1ccc(NC(=O)[C@H](Cc2ccccc2)NS(=O)(=O)c2ccc(OC)c(C)c2)c(OC)c1. The monoisotopic (exact) mass is 484 g/mol. The number of ether oxygens (including phenoxy) is 3. The van der Waals surface area contributed by atoms with Crippen LogP contribution < -0.4 is 24.2 Å². The fourth-order valence-corrected chi connectivity index (χ4v) is 4.71. The summed E-state index contributed by atoms with van der Waals surface area (Å²) >= 11 is 0. The van der Waals surface area contributed by atoms with Crippen LogP contribution >= 0.6 is 0 Å². The second kappa shape index (κ2) is 11.0. The molecule has 8 nitrogen and oxygen atoms in total. The maximum Gasteiger partial charge on any atom is 0.243 e. The van der Waals surface area contributed by atoms with Gasteiger partial charge in [-0.15, -0.1) is 0 Å². The van der Waals surface area contributed by atoms with Gasteiger partial charge in [-0.05, 0) is 54.8 Å². The van der Waals surface area contributed by atoms with E-state index in [1.54, 1.807) is 31.2 Å². The summed E-state index contributed by atoms with van der Waals surface area (Å²) in [6.45, 7) is 1.75. The van der Waals surface area contributed by atoms with E-state index in [0.717, 1.165) is 5.56 Å².